The van der Waals surface area contributed by atoms with Crippen molar-refractivity contribution in [1.29, 1.82) is 5.26 Å². The minimum absolute atomic E-state index is 0.623. The first-order chi connectivity index (χ1) is 19.3. The van der Waals surface area contributed by atoms with Gasteiger partial charge in [-0.2, -0.15) is 18.4 Å². The third-order valence-electron chi connectivity index (χ3n) is 7.82. The van der Waals surface area contributed by atoms with Crippen LogP contribution in [0.1, 0.15) is 56.0 Å². The molecule has 0 aliphatic carbocycles. The second kappa shape index (κ2) is 13.4. The van der Waals surface area contributed by atoms with Crippen LogP contribution in [0.25, 0.3) is 21.8 Å². The fourth-order valence-corrected chi connectivity index (χ4v) is 5.74. The van der Waals surface area contributed by atoms with E-state index in [1.165, 1.54) is 12.1 Å². The zero-order valence-electron chi connectivity index (χ0n) is 23.8. The molecule has 8 heteroatoms. The van der Waals surface area contributed by atoms with Crippen molar-refractivity contribution in [3.63, 3.8) is 0 Å². The van der Waals surface area contributed by atoms with Gasteiger partial charge in [-0.3, -0.25) is 0 Å². The van der Waals surface area contributed by atoms with Crippen LogP contribution in [0.4, 0.5) is 13.2 Å². The maximum Gasteiger partial charge on any atom is 0.416 e. The first kappa shape index (κ1) is 29.7. The third kappa shape index (κ3) is 6.71. The van der Waals surface area contributed by atoms with Crippen LogP contribution in [0.2, 0.25) is 0 Å². The summed E-state index contributed by atoms with van der Waals surface area (Å²) in [7, 11) is 0. The van der Waals surface area contributed by atoms with Crippen molar-refractivity contribution in [3.8, 4) is 6.07 Å². The Labute approximate surface area is 235 Å². The Kier molecular flexibility index (Phi) is 9.94. The zero-order chi connectivity index (χ0) is 28.7. The van der Waals surface area contributed by atoms with Crippen molar-refractivity contribution in [2.75, 3.05) is 39.3 Å². The Morgan fingerprint density at radius 1 is 0.875 bits per heavy atom. The predicted molar refractivity (Wildman–Crippen MR) is 156 cm³/mol. The Hall–Kier alpha value is -3.28. The summed E-state index contributed by atoms with van der Waals surface area (Å²) < 4.78 is 42.1. The van der Waals surface area contributed by atoms with Crippen molar-refractivity contribution in [1.82, 2.24) is 19.4 Å². The maximum absolute atomic E-state index is 13.3. The summed E-state index contributed by atoms with van der Waals surface area (Å²) >= 11 is 0. The lowest BCUT2D eigenvalue weighted by molar-refractivity contribution is -0.137. The first-order valence-electron chi connectivity index (χ1n) is 14.4. The highest BCUT2D eigenvalue weighted by Crippen LogP contribution is 2.32. The number of fused-ring (bicyclic) bond motifs is 2. The molecule has 0 bridgehead atoms. The van der Waals surface area contributed by atoms with Gasteiger partial charge < -0.3 is 19.4 Å². The van der Waals surface area contributed by atoms with Gasteiger partial charge in [0.15, 0.2) is 0 Å². The largest absolute Gasteiger partial charge is 0.416 e. The number of aromatic nitrogens is 2. The standard InChI is InChI=1S/C32H40F3N5/c1-4-15-38(6-3)18-14-27-26-9-7-8-10-30(26)40(31(27)22-36)20-19-39(16-5-2)17-13-24-23-37-29-12-11-25(21-28(24)29)32(33,34)35/h7-12,21,23,37H,4-6,13-20H2,1-3H3. The molecule has 0 atom stereocenters. The van der Waals surface area contributed by atoms with Gasteiger partial charge in [0.25, 0.3) is 0 Å². The highest BCUT2D eigenvalue weighted by molar-refractivity contribution is 5.87. The van der Waals surface area contributed by atoms with Crippen LogP contribution < -0.4 is 0 Å². The molecule has 0 amide bonds. The van der Waals surface area contributed by atoms with Gasteiger partial charge in [0.2, 0.25) is 0 Å². The van der Waals surface area contributed by atoms with Gasteiger partial charge in [0.05, 0.1) is 5.56 Å². The number of H-pyrrole nitrogens is 1. The highest BCUT2D eigenvalue weighted by Gasteiger charge is 2.30. The first-order valence-corrected chi connectivity index (χ1v) is 14.4. The van der Waals surface area contributed by atoms with E-state index in [0.29, 0.717) is 18.4 Å². The van der Waals surface area contributed by atoms with Crippen LogP contribution in [0.3, 0.4) is 0 Å². The van der Waals surface area contributed by atoms with Crippen molar-refractivity contribution < 1.29 is 13.2 Å². The van der Waals surface area contributed by atoms with E-state index >= 15 is 0 Å². The summed E-state index contributed by atoms with van der Waals surface area (Å²) in [6.45, 7) is 12.5. The Morgan fingerprint density at radius 2 is 1.60 bits per heavy atom. The average Bonchev–Trinajstić information content (AvgIpc) is 3.49. The second-order valence-electron chi connectivity index (χ2n) is 10.5. The van der Waals surface area contributed by atoms with Crippen LogP contribution in [0.5, 0.6) is 0 Å². The van der Waals surface area contributed by atoms with Gasteiger partial charge in [-0.05, 0) is 80.7 Å². The lowest BCUT2D eigenvalue weighted by Gasteiger charge is -2.22. The molecule has 0 unspecified atom stereocenters. The van der Waals surface area contributed by atoms with E-state index in [1.807, 2.05) is 18.3 Å². The molecular formula is C32H40F3N5. The van der Waals surface area contributed by atoms with Crippen molar-refractivity contribution in [3.05, 3.63) is 71.0 Å². The molecule has 2 aromatic heterocycles. The molecule has 214 valence electrons. The van der Waals surface area contributed by atoms with Gasteiger partial charge in [-0.15, -0.1) is 0 Å². The highest BCUT2D eigenvalue weighted by atomic mass is 19.4. The molecule has 40 heavy (non-hydrogen) atoms. The monoisotopic (exact) mass is 551 g/mol. The SMILES string of the molecule is CCCN(CC)CCc1c(C#N)n(CCN(CCC)CCc2c[nH]c3ccc(C(F)(F)F)cc23)c2ccccc12. The molecule has 0 aliphatic heterocycles. The topological polar surface area (TPSA) is 51.0 Å². The van der Waals surface area contributed by atoms with E-state index in [-0.39, 0.29) is 0 Å². The molecule has 4 rings (SSSR count). The average molecular weight is 552 g/mol. The molecule has 0 aliphatic rings. The normalized spacial score (nSPS) is 12.3. The summed E-state index contributed by atoms with van der Waals surface area (Å²) in [5.41, 5.74) is 3.93. The second-order valence-corrected chi connectivity index (χ2v) is 10.5. The minimum atomic E-state index is -4.36. The summed E-state index contributed by atoms with van der Waals surface area (Å²) in [4.78, 5) is 7.90. The van der Waals surface area contributed by atoms with Gasteiger partial charge in [0.1, 0.15) is 11.8 Å². The van der Waals surface area contributed by atoms with Gasteiger partial charge in [-0.1, -0.05) is 39.0 Å². The summed E-state index contributed by atoms with van der Waals surface area (Å²) in [6, 6.07) is 14.7. The van der Waals surface area contributed by atoms with Crippen molar-refractivity contribution in [2.24, 2.45) is 0 Å². The third-order valence-corrected chi connectivity index (χ3v) is 7.82. The van der Waals surface area contributed by atoms with Crippen LogP contribution in [0, 0.1) is 11.3 Å². The number of nitrogens with one attached hydrogen (secondary N) is 1. The summed E-state index contributed by atoms with van der Waals surface area (Å²) in [5.74, 6) is 0. The number of aromatic amines is 1. The minimum Gasteiger partial charge on any atom is -0.361 e. The fraction of sp³-hybridized carbons (Fsp3) is 0.469. The zero-order valence-corrected chi connectivity index (χ0v) is 23.8. The molecule has 1 N–H and O–H groups in total. The number of hydrogen-bond acceptors (Lipinski definition) is 3. The fourth-order valence-electron chi connectivity index (χ4n) is 5.74. The number of alkyl halides is 3. The number of hydrogen-bond donors (Lipinski definition) is 1. The number of rotatable bonds is 14. The molecule has 0 saturated carbocycles. The lowest BCUT2D eigenvalue weighted by atomic mass is 10.1. The van der Waals surface area contributed by atoms with E-state index in [4.69, 9.17) is 0 Å². The number of nitriles is 1. The number of halogens is 3. The predicted octanol–water partition coefficient (Wildman–Crippen LogP) is 7.24. The van der Waals surface area contributed by atoms with Crippen LogP contribution >= 0.6 is 0 Å². The van der Waals surface area contributed by atoms with Crippen molar-refractivity contribution >= 4 is 21.8 Å². The molecule has 2 aromatic carbocycles. The smallest absolute Gasteiger partial charge is 0.361 e. The number of likely N-dealkylation sites (N-methyl/N-ethyl adjacent to an activating group) is 1. The quantitative estimate of drug-likeness (QED) is 0.180. The van der Waals surface area contributed by atoms with E-state index in [9.17, 15) is 18.4 Å². The van der Waals surface area contributed by atoms with E-state index in [0.717, 1.165) is 97.8 Å². The van der Waals surface area contributed by atoms with Gasteiger partial charge in [0, 0.05) is 54.2 Å². The Bertz CT molecular complexity index is 1440. The molecule has 0 radical (unpaired) electrons. The molecule has 0 spiro atoms. The van der Waals surface area contributed by atoms with E-state index in [2.05, 4.69) is 58.3 Å². The Morgan fingerprint density at radius 3 is 2.30 bits per heavy atom. The maximum atomic E-state index is 13.3. The molecule has 0 saturated heterocycles. The Balaban J connectivity index is 1.52. The number of para-hydroxylation sites is 1. The summed E-state index contributed by atoms with van der Waals surface area (Å²) in [5, 5.41) is 12.0. The molecule has 4 aromatic rings. The van der Waals surface area contributed by atoms with Crippen LogP contribution in [-0.2, 0) is 25.6 Å². The van der Waals surface area contributed by atoms with E-state index < -0.39 is 11.7 Å². The van der Waals surface area contributed by atoms with E-state index in [1.54, 1.807) is 0 Å². The molecule has 2 heterocycles. The van der Waals surface area contributed by atoms with Crippen LogP contribution in [-0.4, -0.2) is 58.6 Å². The number of benzene rings is 2. The van der Waals surface area contributed by atoms with Gasteiger partial charge in [-0.25, -0.2) is 0 Å². The molecule has 5 nitrogen and oxygen atoms in total. The summed E-state index contributed by atoms with van der Waals surface area (Å²) in [6.07, 6.45) is 1.03. The van der Waals surface area contributed by atoms with Gasteiger partial charge >= 0.3 is 6.18 Å². The number of nitrogens with zero attached hydrogens (tertiary/aromatic N) is 4. The lowest BCUT2D eigenvalue weighted by Crippen LogP contribution is -2.30. The molecule has 0 fully saturated rings. The van der Waals surface area contributed by atoms with Crippen molar-refractivity contribution in [2.45, 2.75) is 59.2 Å². The van der Waals surface area contributed by atoms with Crippen LogP contribution in [0.15, 0.2) is 48.7 Å². The molecular weight excluding hydrogens is 511 g/mol.